The van der Waals surface area contributed by atoms with Gasteiger partial charge in [-0.1, -0.05) is 12.2 Å². The van der Waals surface area contributed by atoms with Crippen LogP contribution in [0.3, 0.4) is 0 Å². The Bertz CT molecular complexity index is 190. The van der Waals surface area contributed by atoms with Crippen LogP contribution in [-0.2, 0) is 4.79 Å². The lowest BCUT2D eigenvalue weighted by molar-refractivity contribution is -0.115. The van der Waals surface area contributed by atoms with Crippen molar-refractivity contribution in [1.29, 1.82) is 0 Å². The third kappa shape index (κ3) is 3.96. The summed E-state index contributed by atoms with van der Waals surface area (Å²) in [6.45, 7) is 1.50. The topological polar surface area (TPSA) is 57.2 Å². The smallest absolute Gasteiger partial charge is 0.279 e. The van der Waals surface area contributed by atoms with Crippen LogP contribution in [0.2, 0.25) is 0 Å². The van der Waals surface area contributed by atoms with Crippen LogP contribution < -0.4 is 11.1 Å². The van der Waals surface area contributed by atoms with Gasteiger partial charge in [-0.15, -0.1) is 0 Å². The quantitative estimate of drug-likeness (QED) is 0.465. The maximum atomic E-state index is 12.1. The Hall–Kier alpha value is -0.970. The van der Waals surface area contributed by atoms with E-state index in [1.807, 2.05) is 0 Å². The average Bonchev–Trinajstić information content (AvgIpc) is 1.82. The van der Waals surface area contributed by atoms with Crippen LogP contribution in [0.1, 0.15) is 6.92 Å². The summed E-state index contributed by atoms with van der Waals surface area (Å²) in [4.78, 5) is 10.2. The molecule has 0 bridgehead atoms. The van der Waals surface area contributed by atoms with Gasteiger partial charge in [-0.3, -0.25) is 4.79 Å². The fraction of sp³-hybridized carbons (Fsp3) is 0.200. The molecule has 0 aliphatic carbocycles. The third-order valence-electron chi connectivity index (χ3n) is 0.595. The van der Waals surface area contributed by atoms with Gasteiger partial charge in [0.25, 0.3) is 5.91 Å². The Labute approximate surface area is 63.1 Å². The third-order valence-corrected chi connectivity index (χ3v) is 0.700. The Balaban J connectivity index is 3.92. The summed E-state index contributed by atoms with van der Waals surface area (Å²) in [6, 6.07) is 0. The Morgan fingerprint density at radius 3 is 2.60 bits per heavy atom. The van der Waals surface area contributed by atoms with Crippen molar-refractivity contribution in [2.45, 2.75) is 6.92 Å². The highest BCUT2D eigenvalue weighted by Gasteiger charge is 2.00. The second-order valence-corrected chi connectivity index (χ2v) is 2.08. The van der Waals surface area contributed by atoms with Crippen molar-refractivity contribution < 1.29 is 9.18 Å². The van der Waals surface area contributed by atoms with Crippen LogP contribution in [0.4, 0.5) is 4.39 Å². The van der Waals surface area contributed by atoms with Crippen LogP contribution in [0, 0.1) is 0 Å². The van der Waals surface area contributed by atoms with E-state index in [1.165, 1.54) is 6.92 Å². The largest absolute Gasteiger partial charge is 0.364 e. The van der Waals surface area contributed by atoms with E-state index in [-0.39, 0.29) is 4.99 Å². The van der Waals surface area contributed by atoms with Crippen LogP contribution in [-0.4, -0.2) is 10.9 Å². The SMILES string of the molecule is CC(=S)[N]/C=C(\F)C(N)=O. The molecule has 3 nitrogen and oxygen atoms in total. The number of thiocarbonyl (C=S) groups is 1. The van der Waals surface area contributed by atoms with Crippen molar-refractivity contribution in [1.82, 2.24) is 5.32 Å². The molecule has 5 heteroatoms. The summed E-state index contributed by atoms with van der Waals surface area (Å²) in [5.41, 5.74) is 4.54. The summed E-state index contributed by atoms with van der Waals surface area (Å²) in [6.07, 6.45) is 0.699. The number of halogens is 1. The maximum Gasteiger partial charge on any atom is 0.279 e. The lowest BCUT2D eigenvalue weighted by Crippen LogP contribution is -2.13. The van der Waals surface area contributed by atoms with Crippen molar-refractivity contribution in [2.24, 2.45) is 5.73 Å². The first kappa shape index (κ1) is 9.03. The highest BCUT2D eigenvalue weighted by Crippen LogP contribution is 1.91. The summed E-state index contributed by atoms with van der Waals surface area (Å²) in [5.74, 6) is -2.23. The zero-order valence-electron chi connectivity index (χ0n) is 5.30. The molecule has 0 unspecified atom stereocenters. The molecular formula is C5H6FN2OS. The van der Waals surface area contributed by atoms with E-state index in [0.29, 0.717) is 6.20 Å². The predicted octanol–water partition coefficient (Wildman–Crippen LogP) is 0.234. The molecule has 0 fully saturated rings. The average molecular weight is 161 g/mol. The van der Waals surface area contributed by atoms with Gasteiger partial charge >= 0.3 is 0 Å². The van der Waals surface area contributed by atoms with Gasteiger partial charge in [-0.05, 0) is 6.92 Å². The van der Waals surface area contributed by atoms with Gasteiger partial charge < -0.3 is 5.73 Å². The summed E-state index contributed by atoms with van der Waals surface area (Å²) in [5, 5.41) is 3.34. The highest BCUT2D eigenvalue weighted by molar-refractivity contribution is 7.80. The monoisotopic (exact) mass is 161 g/mol. The van der Waals surface area contributed by atoms with Gasteiger partial charge in [0.05, 0.1) is 11.2 Å². The lowest BCUT2D eigenvalue weighted by Gasteiger charge is -1.89. The summed E-state index contributed by atoms with van der Waals surface area (Å²) >= 11 is 4.47. The molecule has 0 saturated heterocycles. The zero-order chi connectivity index (χ0) is 8.15. The van der Waals surface area contributed by atoms with Gasteiger partial charge in [0, 0.05) is 0 Å². The van der Waals surface area contributed by atoms with Crippen LogP contribution in [0.15, 0.2) is 12.0 Å². The van der Waals surface area contributed by atoms with Gasteiger partial charge in [-0.25, -0.2) is 5.32 Å². The first-order valence-corrected chi connectivity index (χ1v) is 2.81. The summed E-state index contributed by atoms with van der Waals surface area (Å²) in [7, 11) is 0. The molecule has 0 rings (SSSR count). The molecule has 1 amide bonds. The van der Waals surface area contributed by atoms with Crippen molar-refractivity contribution in [3.63, 3.8) is 0 Å². The Morgan fingerprint density at radius 2 is 2.30 bits per heavy atom. The minimum Gasteiger partial charge on any atom is -0.364 e. The maximum absolute atomic E-state index is 12.1. The van der Waals surface area contributed by atoms with Crippen molar-refractivity contribution in [2.75, 3.05) is 0 Å². The normalized spacial score (nSPS) is 10.8. The number of hydrogen-bond donors (Lipinski definition) is 1. The van der Waals surface area contributed by atoms with E-state index in [2.05, 4.69) is 23.3 Å². The molecule has 0 heterocycles. The minimum absolute atomic E-state index is 0.247. The Morgan fingerprint density at radius 1 is 1.80 bits per heavy atom. The van der Waals surface area contributed by atoms with E-state index >= 15 is 0 Å². The van der Waals surface area contributed by atoms with Crippen LogP contribution in [0.5, 0.6) is 0 Å². The van der Waals surface area contributed by atoms with E-state index < -0.39 is 11.7 Å². The molecular weight excluding hydrogens is 155 g/mol. The molecule has 0 saturated carbocycles. The number of rotatable bonds is 2. The molecule has 1 radical (unpaired) electrons. The van der Waals surface area contributed by atoms with E-state index in [9.17, 15) is 9.18 Å². The molecule has 0 aliphatic heterocycles. The molecule has 10 heavy (non-hydrogen) atoms. The van der Waals surface area contributed by atoms with E-state index in [4.69, 9.17) is 0 Å². The molecule has 2 N–H and O–H groups in total. The van der Waals surface area contributed by atoms with Crippen molar-refractivity contribution in [3.8, 4) is 0 Å². The highest BCUT2D eigenvalue weighted by atomic mass is 32.1. The molecule has 0 aliphatic rings. The second kappa shape index (κ2) is 3.94. The van der Waals surface area contributed by atoms with Gasteiger partial charge in [-0.2, -0.15) is 4.39 Å². The van der Waals surface area contributed by atoms with E-state index in [1.54, 1.807) is 0 Å². The number of nitrogens with two attached hydrogens (primary N) is 1. The number of primary amides is 1. The van der Waals surface area contributed by atoms with Gasteiger partial charge in [0.2, 0.25) is 5.83 Å². The summed E-state index contributed by atoms with van der Waals surface area (Å²) < 4.78 is 12.1. The number of carbonyl (C=O) groups excluding carboxylic acids is 1. The standard InChI is InChI=1S/C5H6FN2OS/c1-3(10)8-2-4(6)5(7)9/h2H,1H3,(H2,7,9)/b4-2-. The molecule has 0 spiro atoms. The van der Waals surface area contributed by atoms with Gasteiger partial charge in [0.15, 0.2) is 0 Å². The lowest BCUT2D eigenvalue weighted by atomic mass is 10.5. The van der Waals surface area contributed by atoms with Crippen molar-refractivity contribution in [3.05, 3.63) is 12.0 Å². The number of hydrogen-bond acceptors (Lipinski definition) is 2. The Kier molecular flexibility index (Phi) is 3.56. The minimum atomic E-state index is -1.14. The molecule has 0 atom stereocenters. The molecule has 0 aromatic rings. The number of nitrogens with zero attached hydrogens (tertiary/aromatic N) is 1. The fourth-order valence-corrected chi connectivity index (χ4v) is 0.264. The molecule has 55 valence electrons. The first-order valence-electron chi connectivity index (χ1n) is 2.41. The second-order valence-electron chi connectivity index (χ2n) is 1.49. The van der Waals surface area contributed by atoms with Crippen LogP contribution >= 0.6 is 12.2 Å². The molecule has 0 aromatic carbocycles. The number of amides is 1. The van der Waals surface area contributed by atoms with E-state index in [0.717, 1.165) is 0 Å². The fourth-order valence-electron chi connectivity index (χ4n) is 0.211. The first-order chi connectivity index (χ1) is 4.54. The van der Waals surface area contributed by atoms with Gasteiger partial charge in [0.1, 0.15) is 0 Å². The predicted molar refractivity (Wildman–Crippen MR) is 38.8 cm³/mol. The number of carbonyl (C=O) groups is 1. The van der Waals surface area contributed by atoms with Crippen molar-refractivity contribution >= 4 is 23.1 Å². The zero-order valence-corrected chi connectivity index (χ0v) is 6.11. The molecule has 0 aromatic heterocycles. The van der Waals surface area contributed by atoms with Crippen LogP contribution in [0.25, 0.3) is 0 Å².